The average Bonchev–Trinajstić information content (AvgIpc) is 2.31. The van der Waals surface area contributed by atoms with Gasteiger partial charge in [-0.25, -0.2) is 0 Å². The van der Waals surface area contributed by atoms with Crippen LogP contribution in [0.1, 0.15) is 59.8 Å². The van der Waals surface area contributed by atoms with Crippen molar-refractivity contribution in [2.24, 2.45) is 0 Å². The van der Waals surface area contributed by atoms with E-state index in [-0.39, 0.29) is 12.1 Å². The molecule has 0 saturated heterocycles. The molecule has 0 aromatic rings. The second-order valence-corrected chi connectivity index (χ2v) is 5.16. The predicted octanol–water partition coefficient (Wildman–Crippen LogP) is 2.72. The summed E-state index contributed by atoms with van der Waals surface area (Å²) in [7, 11) is 0. The molecule has 0 bridgehead atoms. The number of rotatable bonds is 11. The van der Waals surface area contributed by atoms with Crippen LogP contribution >= 0.6 is 0 Å². The number of aliphatic hydroxyl groups is 1. The highest BCUT2D eigenvalue weighted by atomic mass is 16.5. The van der Waals surface area contributed by atoms with E-state index in [1.165, 1.54) is 6.42 Å². The third-order valence-corrected chi connectivity index (χ3v) is 3.16. The fourth-order valence-electron chi connectivity index (χ4n) is 2.06. The summed E-state index contributed by atoms with van der Waals surface area (Å²) in [4.78, 5) is 0. The Morgan fingerprint density at radius 2 is 1.82 bits per heavy atom. The second-order valence-electron chi connectivity index (χ2n) is 5.16. The van der Waals surface area contributed by atoms with Crippen LogP contribution in [0.5, 0.6) is 0 Å². The fraction of sp³-hybridized carbons (Fsp3) is 1.00. The van der Waals surface area contributed by atoms with Crippen LogP contribution in [0.3, 0.4) is 0 Å². The van der Waals surface area contributed by atoms with Gasteiger partial charge in [0.05, 0.1) is 6.61 Å². The van der Waals surface area contributed by atoms with Crippen molar-refractivity contribution in [3.05, 3.63) is 0 Å². The van der Waals surface area contributed by atoms with Crippen molar-refractivity contribution in [2.45, 2.75) is 71.4 Å². The van der Waals surface area contributed by atoms with Gasteiger partial charge in [-0.05, 0) is 25.7 Å². The molecule has 1 atom stereocenters. The minimum atomic E-state index is -0.123. The highest BCUT2D eigenvalue weighted by Crippen LogP contribution is 2.18. The lowest BCUT2D eigenvalue weighted by Gasteiger charge is -2.34. The molecule has 0 aliphatic heterocycles. The van der Waals surface area contributed by atoms with Crippen LogP contribution in [0.2, 0.25) is 0 Å². The molecule has 0 amide bonds. The van der Waals surface area contributed by atoms with Crippen molar-refractivity contribution in [2.75, 3.05) is 19.8 Å². The number of unbranched alkanes of at least 4 members (excludes halogenated alkanes) is 1. The highest BCUT2D eigenvalue weighted by molar-refractivity contribution is 4.87. The van der Waals surface area contributed by atoms with Gasteiger partial charge < -0.3 is 15.2 Å². The first-order valence-corrected chi connectivity index (χ1v) is 7.06. The zero-order valence-corrected chi connectivity index (χ0v) is 12.1. The van der Waals surface area contributed by atoms with Gasteiger partial charge in [0.2, 0.25) is 0 Å². The van der Waals surface area contributed by atoms with Crippen LogP contribution in [-0.2, 0) is 4.74 Å². The lowest BCUT2D eigenvalue weighted by atomic mass is 9.90. The standard InChI is InChI=1S/C14H31NO2/c1-5-7-10-17-11-8-9-14(6-2,12-16)15-13(3)4/h13,15-16H,5-12H2,1-4H3. The van der Waals surface area contributed by atoms with Gasteiger partial charge in [-0.3, -0.25) is 0 Å². The van der Waals surface area contributed by atoms with Crippen molar-refractivity contribution in [3.8, 4) is 0 Å². The molecule has 1 unspecified atom stereocenters. The summed E-state index contributed by atoms with van der Waals surface area (Å²) < 4.78 is 5.55. The molecule has 0 aromatic heterocycles. The average molecular weight is 245 g/mol. The number of nitrogens with one attached hydrogen (secondary N) is 1. The minimum Gasteiger partial charge on any atom is -0.394 e. The summed E-state index contributed by atoms with van der Waals surface area (Å²) in [6, 6.07) is 0.406. The molecule has 3 heteroatoms. The topological polar surface area (TPSA) is 41.5 Å². The van der Waals surface area contributed by atoms with Gasteiger partial charge in [0.15, 0.2) is 0 Å². The summed E-state index contributed by atoms with van der Waals surface area (Å²) in [6.45, 7) is 10.4. The lowest BCUT2D eigenvalue weighted by molar-refractivity contribution is 0.0976. The normalized spacial score (nSPS) is 15.2. The Morgan fingerprint density at radius 3 is 2.29 bits per heavy atom. The first kappa shape index (κ1) is 16.9. The van der Waals surface area contributed by atoms with Crippen molar-refractivity contribution >= 4 is 0 Å². The summed E-state index contributed by atoms with van der Waals surface area (Å²) in [6.07, 6.45) is 5.27. The van der Waals surface area contributed by atoms with Crippen molar-refractivity contribution in [1.82, 2.24) is 5.32 Å². The maximum absolute atomic E-state index is 9.56. The predicted molar refractivity (Wildman–Crippen MR) is 73.3 cm³/mol. The van der Waals surface area contributed by atoms with E-state index in [4.69, 9.17) is 4.74 Å². The Labute approximate surface area is 107 Å². The van der Waals surface area contributed by atoms with Gasteiger partial charge in [-0.15, -0.1) is 0 Å². The van der Waals surface area contributed by atoms with Gasteiger partial charge in [-0.2, -0.15) is 0 Å². The summed E-state index contributed by atoms with van der Waals surface area (Å²) >= 11 is 0. The van der Waals surface area contributed by atoms with Gasteiger partial charge in [0, 0.05) is 24.8 Å². The highest BCUT2D eigenvalue weighted by Gasteiger charge is 2.26. The summed E-state index contributed by atoms with van der Waals surface area (Å²) in [5.41, 5.74) is -0.123. The summed E-state index contributed by atoms with van der Waals surface area (Å²) in [5, 5.41) is 13.1. The molecule has 0 rings (SSSR count). The van der Waals surface area contributed by atoms with E-state index in [1.807, 2.05) is 0 Å². The number of hydrogen-bond acceptors (Lipinski definition) is 3. The molecule has 0 heterocycles. The van der Waals surface area contributed by atoms with Crippen molar-refractivity contribution < 1.29 is 9.84 Å². The van der Waals surface area contributed by atoms with E-state index in [9.17, 15) is 5.11 Å². The number of aliphatic hydroxyl groups excluding tert-OH is 1. The molecule has 17 heavy (non-hydrogen) atoms. The SMILES string of the molecule is CCCCOCCCC(CC)(CO)NC(C)C. The van der Waals surface area contributed by atoms with E-state index < -0.39 is 0 Å². The molecule has 0 saturated carbocycles. The Hall–Kier alpha value is -0.120. The van der Waals surface area contributed by atoms with Crippen LogP contribution in [0.4, 0.5) is 0 Å². The summed E-state index contributed by atoms with van der Waals surface area (Å²) in [5.74, 6) is 0. The smallest absolute Gasteiger partial charge is 0.0613 e. The molecule has 0 spiro atoms. The molecule has 0 fully saturated rings. The van der Waals surface area contributed by atoms with Crippen LogP contribution < -0.4 is 5.32 Å². The third-order valence-electron chi connectivity index (χ3n) is 3.16. The molecular weight excluding hydrogens is 214 g/mol. The molecule has 0 radical (unpaired) electrons. The van der Waals surface area contributed by atoms with Gasteiger partial charge in [-0.1, -0.05) is 34.1 Å². The van der Waals surface area contributed by atoms with Crippen molar-refractivity contribution in [3.63, 3.8) is 0 Å². The molecule has 0 aliphatic rings. The zero-order valence-electron chi connectivity index (χ0n) is 12.1. The Bertz CT molecular complexity index is 168. The Morgan fingerprint density at radius 1 is 1.18 bits per heavy atom. The Balaban J connectivity index is 3.84. The molecule has 0 aromatic carbocycles. The molecule has 104 valence electrons. The first-order chi connectivity index (χ1) is 8.10. The lowest BCUT2D eigenvalue weighted by Crippen LogP contribution is -2.51. The van der Waals surface area contributed by atoms with Crippen LogP contribution in [-0.4, -0.2) is 36.5 Å². The molecular formula is C14H31NO2. The van der Waals surface area contributed by atoms with E-state index in [1.54, 1.807) is 0 Å². The zero-order chi connectivity index (χ0) is 13.1. The van der Waals surface area contributed by atoms with Gasteiger partial charge in [0.1, 0.15) is 0 Å². The number of hydrogen-bond donors (Lipinski definition) is 2. The van der Waals surface area contributed by atoms with Crippen LogP contribution in [0.25, 0.3) is 0 Å². The van der Waals surface area contributed by atoms with Crippen LogP contribution in [0.15, 0.2) is 0 Å². The van der Waals surface area contributed by atoms with E-state index in [0.717, 1.165) is 38.9 Å². The monoisotopic (exact) mass is 245 g/mol. The van der Waals surface area contributed by atoms with Crippen LogP contribution in [0, 0.1) is 0 Å². The van der Waals surface area contributed by atoms with E-state index in [0.29, 0.717) is 6.04 Å². The van der Waals surface area contributed by atoms with E-state index >= 15 is 0 Å². The molecule has 3 nitrogen and oxygen atoms in total. The fourth-order valence-corrected chi connectivity index (χ4v) is 2.06. The van der Waals surface area contributed by atoms with Crippen molar-refractivity contribution in [1.29, 1.82) is 0 Å². The number of ether oxygens (including phenoxy) is 1. The quantitative estimate of drug-likeness (QED) is 0.550. The second kappa shape index (κ2) is 9.86. The maximum Gasteiger partial charge on any atom is 0.0613 e. The first-order valence-electron chi connectivity index (χ1n) is 7.06. The molecule has 0 aliphatic carbocycles. The van der Waals surface area contributed by atoms with Gasteiger partial charge in [0.25, 0.3) is 0 Å². The maximum atomic E-state index is 9.56. The molecule has 2 N–H and O–H groups in total. The largest absolute Gasteiger partial charge is 0.394 e. The van der Waals surface area contributed by atoms with Gasteiger partial charge >= 0.3 is 0 Å². The Kier molecular flexibility index (Phi) is 9.79. The van der Waals surface area contributed by atoms with E-state index in [2.05, 4.69) is 33.0 Å². The minimum absolute atomic E-state index is 0.123. The third kappa shape index (κ3) is 7.74.